The largest absolute Gasteiger partial charge is 0.435 e. The molecule has 0 bridgehead atoms. The number of nitrogens with one attached hydrogen (secondary N) is 1. The molecule has 1 amide bonds. The zero-order valence-corrected chi connectivity index (χ0v) is 19.4. The molecule has 0 spiro atoms. The van der Waals surface area contributed by atoms with E-state index in [4.69, 9.17) is 4.74 Å². The summed E-state index contributed by atoms with van der Waals surface area (Å²) in [5, 5.41) is 5.79. The number of rotatable bonds is 7. The Labute approximate surface area is 193 Å². The Kier molecular flexibility index (Phi) is 7.20. The first kappa shape index (κ1) is 22.8. The van der Waals surface area contributed by atoms with Gasteiger partial charge >= 0.3 is 6.61 Å². The lowest BCUT2D eigenvalue weighted by Crippen LogP contribution is -2.39. The van der Waals surface area contributed by atoms with Crippen molar-refractivity contribution in [2.24, 2.45) is 0 Å². The zero-order chi connectivity index (χ0) is 22.7. The summed E-state index contributed by atoms with van der Waals surface area (Å²) in [6.45, 7) is 3.92. The third-order valence-electron chi connectivity index (χ3n) is 5.51. The Bertz CT molecular complexity index is 1050. The van der Waals surface area contributed by atoms with Crippen LogP contribution in [-0.2, 0) is 4.74 Å². The van der Waals surface area contributed by atoms with Gasteiger partial charge in [0.15, 0.2) is 0 Å². The van der Waals surface area contributed by atoms with Crippen LogP contribution in [0.2, 0.25) is 0 Å². The number of hydrogen-bond acceptors (Lipinski definition) is 6. The summed E-state index contributed by atoms with van der Waals surface area (Å²) >= 11 is 2.95. The van der Waals surface area contributed by atoms with Gasteiger partial charge in [-0.25, -0.2) is 0 Å². The van der Waals surface area contributed by atoms with E-state index in [0.717, 1.165) is 39.7 Å². The molecule has 1 N–H and O–H groups in total. The van der Waals surface area contributed by atoms with Crippen LogP contribution in [0.1, 0.15) is 37.3 Å². The van der Waals surface area contributed by atoms with E-state index >= 15 is 0 Å². The number of carbonyl (C=O) groups excluding carboxylic acids is 1. The van der Waals surface area contributed by atoms with Crippen LogP contribution >= 0.6 is 22.7 Å². The summed E-state index contributed by atoms with van der Waals surface area (Å²) in [5.74, 6) is -0.0159. The fraction of sp³-hybridized carbons (Fsp3) is 0.348. The molecule has 1 aromatic carbocycles. The number of anilines is 1. The maximum atomic E-state index is 12.8. The molecule has 1 saturated heterocycles. The van der Waals surface area contributed by atoms with Crippen LogP contribution in [0.5, 0.6) is 5.75 Å². The van der Waals surface area contributed by atoms with Crippen molar-refractivity contribution in [2.45, 2.75) is 26.5 Å². The van der Waals surface area contributed by atoms with E-state index in [1.165, 1.54) is 11.3 Å². The Balaban J connectivity index is 1.73. The molecule has 3 aromatic rings. The lowest BCUT2D eigenvalue weighted by molar-refractivity contribution is -0.0498. The SMILES string of the molecule is Cc1sc(NC(=O)c2cccs2)c([C@@H](c2ccc(OC(F)F)cc2)N2CCOCC2)c1C. The topological polar surface area (TPSA) is 50.8 Å². The molecule has 0 saturated carbocycles. The minimum atomic E-state index is -2.86. The fourth-order valence-electron chi connectivity index (χ4n) is 3.87. The molecule has 4 rings (SSSR count). The van der Waals surface area contributed by atoms with Gasteiger partial charge in [0.2, 0.25) is 0 Å². The van der Waals surface area contributed by atoms with Crippen LogP contribution in [-0.4, -0.2) is 43.7 Å². The highest BCUT2D eigenvalue weighted by Crippen LogP contribution is 2.43. The molecule has 5 nitrogen and oxygen atoms in total. The van der Waals surface area contributed by atoms with E-state index in [2.05, 4.69) is 21.9 Å². The summed E-state index contributed by atoms with van der Waals surface area (Å²) in [7, 11) is 0. The van der Waals surface area contributed by atoms with E-state index in [1.54, 1.807) is 29.5 Å². The molecule has 9 heteroatoms. The van der Waals surface area contributed by atoms with Crippen molar-refractivity contribution in [1.29, 1.82) is 0 Å². The third kappa shape index (κ3) is 5.01. The number of benzene rings is 1. The van der Waals surface area contributed by atoms with Crippen molar-refractivity contribution in [2.75, 3.05) is 31.6 Å². The van der Waals surface area contributed by atoms with Crippen molar-refractivity contribution >= 4 is 33.6 Å². The van der Waals surface area contributed by atoms with E-state index < -0.39 is 6.61 Å². The van der Waals surface area contributed by atoms with Crippen molar-refractivity contribution in [3.63, 3.8) is 0 Å². The number of thiophene rings is 2. The van der Waals surface area contributed by atoms with E-state index in [1.807, 2.05) is 30.5 Å². The number of hydrogen-bond donors (Lipinski definition) is 1. The van der Waals surface area contributed by atoms with Crippen LogP contribution in [0.3, 0.4) is 0 Å². The molecule has 0 unspecified atom stereocenters. The molecule has 170 valence electrons. The monoisotopic (exact) mass is 478 g/mol. The Hall–Kier alpha value is -2.33. The predicted octanol–water partition coefficient (Wildman–Crippen LogP) is 5.70. The minimum absolute atomic E-state index is 0.119. The first-order valence-electron chi connectivity index (χ1n) is 10.3. The number of carbonyl (C=O) groups is 1. The van der Waals surface area contributed by atoms with Crippen molar-refractivity contribution in [1.82, 2.24) is 4.90 Å². The highest BCUT2D eigenvalue weighted by molar-refractivity contribution is 7.17. The summed E-state index contributed by atoms with van der Waals surface area (Å²) in [6, 6.07) is 10.3. The van der Waals surface area contributed by atoms with Gasteiger partial charge in [-0.3, -0.25) is 9.69 Å². The van der Waals surface area contributed by atoms with Gasteiger partial charge in [0.05, 0.1) is 24.1 Å². The maximum Gasteiger partial charge on any atom is 0.387 e. The quantitative estimate of drug-likeness (QED) is 0.473. The first-order chi connectivity index (χ1) is 15.4. The van der Waals surface area contributed by atoms with Gasteiger partial charge in [-0.2, -0.15) is 8.78 Å². The van der Waals surface area contributed by atoms with E-state index in [0.29, 0.717) is 18.1 Å². The maximum absolute atomic E-state index is 12.8. The fourth-order valence-corrected chi connectivity index (χ4v) is 5.57. The predicted molar refractivity (Wildman–Crippen MR) is 123 cm³/mol. The second kappa shape index (κ2) is 10.1. The summed E-state index contributed by atoms with van der Waals surface area (Å²) in [4.78, 5) is 16.9. The lowest BCUT2D eigenvalue weighted by atomic mass is 9.94. The number of aryl methyl sites for hydroxylation is 1. The number of ether oxygens (including phenoxy) is 2. The zero-order valence-electron chi connectivity index (χ0n) is 17.8. The Morgan fingerprint density at radius 2 is 1.88 bits per heavy atom. The van der Waals surface area contributed by atoms with E-state index in [-0.39, 0.29) is 17.7 Å². The number of alkyl halides is 2. The van der Waals surface area contributed by atoms with E-state index in [9.17, 15) is 13.6 Å². The normalized spacial score (nSPS) is 15.7. The summed E-state index contributed by atoms with van der Waals surface area (Å²) in [6.07, 6.45) is 0. The second-order valence-corrected chi connectivity index (χ2v) is 9.63. The summed E-state index contributed by atoms with van der Waals surface area (Å²) < 4.78 is 35.3. The number of halogens is 2. The van der Waals surface area contributed by atoms with Crippen LogP contribution in [0, 0.1) is 13.8 Å². The Morgan fingerprint density at radius 3 is 2.50 bits per heavy atom. The molecule has 32 heavy (non-hydrogen) atoms. The molecule has 3 heterocycles. The van der Waals surface area contributed by atoms with Crippen molar-refractivity contribution < 1.29 is 23.0 Å². The minimum Gasteiger partial charge on any atom is -0.435 e. The lowest BCUT2D eigenvalue weighted by Gasteiger charge is -2.35. The average Bonchev–Trinajstić information content (AvgIpc) is 3.40. The third-order valence-corrected chi connectivity index (χ3v) is 7.52. The molecular formula is C23H24F2N2O3S2. The smallest absolute Gasteiger partial charge is 0.387 e. The molecule has 0 radical (unpaired) electrons. The van der Waals surface area contributed by atoms with Crippen molar-refractivity contribution in [3.8, 4) is 5.75 Å². The van der Waals surface area contributed by atoms with Gasteiger partial charge in [0.1, 0.15) is 10.8 Å². The van der Waals surface area contributed by atoms with Crippen LogP contribution in [0.25, 0.3) is 0 Å². The first-order valence-corrected chi connectivity index (χ1v) is 11.9. The highest BCUT2D eigenvalue weighted by atomic mass is 32.1. The van der Waals surface area contributed by atoms with Gasteiger partial charge in [0.25, 0.3) is 5.91 Å². The second-order valence-electron chi connectivity index (χ2n) is 7.46. The molecule has 0 aliphatic carbocycles. The molecule has 1 aliphatic rings. The standard InChI is InChI=1S/C23H24F2N2O3S2/c1-14-15(2)32-22(26-21(28)18-4-3-13-31-18)19(14)20(27-9-11-29-12-10-27)16-5-7-17(8-6-16)30-23(24)25/h3-8,13,20,23H,9-12H2,1-2H3,(H,26,28)/t20-/m1/s1. The van der Waals surface area contributed by atoms with Crippen LogP contribution < -0.4 is 10.1 Å². The summed E-state index contributed by atoms with van der Waals surface area (Å²) in [5.41, 5.74) is 3.09. The van der Waals surface area contributed by atoms with Gasteiger partial charge in [-0.1, -0.05) is 18.2 Å². The van der Waals surface area contributed by atoms with Crippen LogP contribution in [0.4, 0.5) is 13.8 Å². The van der Waals surface area contributed by atoms with Crippen LogP contribution in [0.15, 0.2) is 41.8 Å². The Morgan fingerprint density at radius 1 is 1.16 bits per heavy atom. The molecule has 1 fully saturated rings. The van der Waals surface area contributed by atoms with Crippen molar-refractivity contribution in [3.05, 3.63) is 68.2 Å². The van der Waals surface area contributed by atoms with Gasteiger partial charge < -0.3 is 14.8 Å². The van der Waals surface area contributed by atoms with Gasteiger partial charge in [0, 0.05) is 23.5 Å². The number of nitrogens with zero attached hydrogens (tertiary/aromatic N) is 1. The molecule has 2 aromatic heterocycles. The molecular weight excluding hydrogens is 454 g/mol. The number of morpholine rings is 1. The number of amides is 1. The molecule has 1 atom stereocenters. The van der Waals surface area contributed by atoms with Gasteiger partial charge in [-0.05, 0) is 48.6 Å². The van der Waals surface area contributed by atoms with Gasteiger partial charge in [-0.15, -0.1) is 22.7 Å². The average molecular weight is 479 g/mol. The highest BCUT2D eigenvalue weighted by Gasteiger charge is 2.30. The molecule has 1 aliphatic heterocycles.